The van der Waals surface area contributed by atoms with E-state index in [1.54, 1.807) is 0 Å². The van der Waals surface area contributed by atoms with Gasteiger partial charge in [0.15, 0.2) is 0 Å². The van der Waals surface area contributed by atoms with Crippen LogP contribution in [0.15, 0.2) is 0 Å². The van der Waals surface area contributed by atoms with Gasteiger partial charge in [-0.1, -0.05) is 0 Å². The summed E-state index contributed by atoms with van der Waals surface area (Å²) in [4.78, 5) is 0. The van der Waals surface area contributed by atoms with Crippen LogP contribution in [-0.2, 0) is 0 Å². The summed E-state index contributed by atoms with van der Waals surface area (Å²) in [5.41, 5.74) is 11.2. The molecule has 4 nitrogen and oxygen atoms in total. The third-order valence-electron chi connectivity index (χ3n) is 1.71. The van der Waals surface area contributed by atoms with Crippen molar-refractivity contribution < 1.29 is 10.2 Å². The molecule has 0 heterocycles. The van der Waals surface area contributed by atoms with E-state index in [0.29, 0.717) is 12.8 Å². The Morgan fingerprint density at radius 3 is 1.91 bits per heavy atom. The molecular formula is C7H18N2O2. The summed E-state index contributed by atoms with van der Waals surface area (Å²) in [7, 11) is 0. The third-order valence-corrected chi connectivity index (χ3v) is 1.71. The van der Waals surface area contributed by atoms with Crippen LogP contribution in [-0.4, -0.2) is 35.5 Å². The van der Waals surface area contributed by atoms with Crippen LogP contribution >= 0.6 is 0 Å². The molecule has 11 heavy (non-hydrogen) atoms. The van der Waals surface area contributed by atoms with Crippen molar-refractivity contribution in [1.82, 2.24) is 0 Å². The fourth-order valence-corrected chi connectivity index (χ4v) is 0.904. The zero-order chi connectivity index (χ0) is 8.69. The number of aliphatic hydroxyl groups excluding tert-OH is 2. The quantitative estimate of drug-likeness (QED) is 0.394. The molecule has 0 aliphatic rings. The normalized spacial score (nSPS) is 16.4. The molecule has 0 aromatic rings. The molecule has 0 aromatic heterocycles. The fraction of sp³-hybridized carbons (Fsp3) is 1.00. The Kier molecular flexibility index (Phi) is 6.45. The van der Waals surface area contributed by atoms with Crippen molar-refractivity contribution in [2.45, 2.75) is 31.3 Å². The van der Waals surface area contributed by atoms with E-state index in [1.165, 1.54) is 0 Å². The maximum absolute atomic E-state index is 8.53. The Balaban J connectivity index is 3.38. The largest absolute Gasteiger partial charge is 0.396 e. The van der Waals surface area contributed by atoms with Crippen molar-refractivity contribution in [3.63, 3.8) is 0 Å². The molecule has 0 rings (SSSR count). The van der Waals surface area contributed by atoms with Gasteiger partial charge in [-0.3, -0.25) is 0 Å². The number of hydrogen-bond acceptors (Lipinski definition) is 4. The first-order chi connectivity index (χ1) is 5.22. The lowest BCUT2D eigenvalue weighted by Gasteiger charge is -2.17. The van der Waals surface area contributed by atoms with E-state index in [2.05, 4.69) is 0 Å². The maximum Gasteiger partial charge on any atom is 0.0446 e. The third kappa shape index (κ3) is 5.15. The molecule has 0 saturated carbocycles. The van der Waals surface area contributed by atoms with E-state index in [1.807, 2.05) is 0 Å². The van der Waals surface area contributed by atoms with Crippen LogP contribution < -0.4 is 11.5 Å². The molecule has 4 heteroatoms. The van der Waals surface area contributed by atoms with Gasteiger partial charge in [-0.25, -0.2) is 0 Å². The molecule has 0 aromatic carbocycles. The molecule has 0 amide bonds. The number of aliphatic hydroxyl groups is 2. The minimum absolute atomic E-state index is 0.0774. The van der Waals surface area contributed by atoms with E-state index < -0.39 is 0 Å². The molecule has 0 aliphatic heterocycles. The van der Waals surface area contributed by atoms with Crippen LogP contribution in [0.2, 0.25) is 0 Å². The van der Waals surface area contributed by atoms with Crippen LogP contribution in [0.3, 0.4) is 0 Å². The average molecular weight is 162 g/mol. The molecule has 2 atom stereocenters. The topological polar surface area (TPSA) is 92.5 Å². The van der Waals surface area contributed by atoms with Gasteiger partial charge in [0, 0.05) is 25.3 Å². The monoisotopic (exact) mass is 162 g/mol. The second-order valence-electron chi connectivity index (χ2n) is 2.71. The smallest absolute Gasteiger partial charge is 0.0446 e. The van der Waals surface area contributed by atoms with Gasteiger partial charge in [0.05, 0.1) is 0 Å². The minimum atomic E-state index is -0.147. The standard InChI is InChI=1S/C7H18N2O2/c8-6(2-1-4-10)7(9)3-5-11/h6-7,10-11H,1-5,8-9H2. The van der Waals surface area contributed by atoms with E-state index >= 15 is 0 Å². The number of rotatable bonds is 6. The predicted octanol–water partition coefficient (Wildman–Crippen LogP) is -1.20. The van der Waals surface area contributed by atoms with Crippen LogP contribution in [0, 0.1) is 0 Å². The highest BCUT2D eigenvalue weighted by Gasteiger charge is 2.11. The van der Waals surface area contributed by atoms with Crippen molar-refractivity contribution in [1.29, 1.82) is 0 Å². The Bertz CT molecular complexity index is 90.5. The van der Waals surface area contributed by atoms with Gasteiger partial charge in [0.1, 0.15) is 0 Å². The predicted molar refractivity (Wildman–Crippen MR) is 44.0 cm³/mol. The zero-order valence-corrected chi connectivity index (χ0v) is 6.74. The molecule has 0 bridgehead atoms. The fourth-order valence-electron chi connectivity index (χ4n) is 0.904. The summed E-state index contributed by atoms with van der Waals surface area (Å²) in [6.07, 6.45) is 1.94. The Morgan fingerprint density at radius 2 is 1.45 bits per heavy atom. The number of hydrogen-bond donors (Lipinski definition) is 4. The van der Waals surface area contributed by atoms with Gasteiger partial charge in [0.2, 0.25) is 0 Å². The number of nitrogens with two attached hydrogens (primary N) is 2. The molecular weight excluding hydrogens is 144 g/mol. The minimum Gasteiger partial charge on any atom is -0.396 e. The Morgan fingerprint density at radius 1 is 0.909 bits per heavy atom. The van der Waals surface area contributed by atoms with Gasteiger partial charge < -0.3 is 21.7 Å². The highest BCUT2D eigenvalue weighted by Crippen LogP contribution is 2.00. The second kappa shape index (κ2) is 6.54. The van der Waals surface area contributed by atoms with Crippen LogP contribution in [0.4, 0.5) is 0 Å². The lowest BCUT2D eigenvalue weighted by atomic mass is 10.0. The summed E-state index contributed by atoms with van der Waals surface area (Å²) in [5.74, 6) is 0. The van der Waals surface area contributed by atoms with Crippen molar-refractivity contribution in [2.75, 3.05) is 13.2 Å². The molecule has 0 aliphatic carbocycles. The molecule has 68 valence electrons. The Labute approximate surface area is 67.2 Å². The van der Waals surface area contributed by atoms with Gasteiger partial charge in [-0.05, 0) is 19.3 Å². The van der Waals surface area contributed by atoms with Crippen molar-refractivity contribution in [3.8, 4) is 0 Å². The van der Waals surface area contributed by atoms with E-state index in [4.69, 9.17) is 21.7 Å². The van der Waals surface area contributed by atoms with Gasteiger partial charge in [-0.15, -0.1) is 0 Å². The highest BCUT2D eigenvalue weighted by atomic mass is 16.3. The zero-order valence-electron chi connectivity index (χ0n) is 6.74. The lowest BCUT2D eigenvalue weighted by molar-refractivity contribution is 0.253. The molecule has 0 saturated heterocycles. The van der Waals surface area contributed by atoms with E-state index in [9.17, 15) is 0 Å². The summed E-state index contributed by atoms with van der Waals surface area (Å²) < 4.78 is 0. The van der Waals surface area contributed by atoms with Crippen LogP contribution in [0.1, 0.15) is 19.3 Å². The molecule has 0 fully saturated rings. The SMILES string of the molecule is NC(CCO)C(N)CCCO. The maximum atomic E-state index is 8.53. The highest BCUT2D eigenvalue weighted by molar-refractivity contribution is 4.75. The van der Waals surface area contributed by atoms with Gasteiger partial charge >= 0.3 is 0 Å². The Hall–Kier alpha value is -0.160. The summed E-state index contributed by atoms with van der Waals surface area (Å²) in [5, 5.41) is 17.0. The first-order valence-electron chi connectivity index (χ1n) is 3.95. The van der Waals surface area contributed by atoms with Gasteiger partial charge in [0.25, 0.3) is 0 Å². The first kappa shape index (κ1) is 10.8. The van der Waals surface area contributed by atoms with Gasteiger partial charge in [-0.2, -0.15) is 0 Å². The molecule has 0 spiro atoms. The first-order valence-corrected chi connectivity index (χ1v) is 3.95. The summed E-state index contributed by atoms with van der Waals surface area (Å²) >= 11 is 0. The van der Waals surface area contributed by atoms with Crippen molar-refractivity contribution in [2.24, 2.45) is 11.5 Å². The molecule has 6 N–H and O–H groups in total. The molecule has 0 radical (unpaired) electrons. The van der Waals surface area contributed by atoms with E-state index in [0.717, 1.165) is 6.42 Å². The lowest BCUT2D eigenvalue weighted by Crippen LogP contribution is -2.41. The summed E-state index contributed by atoms with van der Waals surface area (Å²) in [6.45, 7) is 0.230. The van der Waals surface area contributed by atoms with Crippen LogP contribution in [0.5, 0.6) is 0 Å². The van der Waals surface area contributed by atoms with Crippen molar-refractivity contribution in [3.05, 3.63) is 0 Å². The summed E-state index contributed by atoms with van der Waals surface area (Å²) in [6, 6.07) is -0.249. The second-order valence-corrected chi connectivity index (χ2v) is 2.71. The van der Waals surface area contributed by atoms with Crippen molar-refractivity contribution >= 4 is 0 Å². The van der Waals surface area contributed by atoms with E-state index in [-0.39, 0.29) is 25.3 Å². The van der Waals surface area contributed by atoms with Crippen LogP contribution in [0.25, 0.3) is 0 Å². The average Bonchev–Trinajstić information content (AvgIpc) is 2.00. The molecule has 2 unspecified atom stereocenters.